The second kappa shape index (κ2) is 9.37. The highest BCUT2D eigenvalue weighted by Crippen LogP contribution is 2.39. The number of amides is 3. The summed E-state index contributed by atoms with van der Waals surface area (Å²) in [5, 5.41) is 5.94. The summed E-state index contributed by atoms with van der Waals surface area (Å²) in [6, 6.07) is 22.4. The molecule has 1 aliphatic heterocycles. The number of likely N-dealkylation sites (N-methyl/N-ethyl adjacent to an activating group) is 1. The van der Waals surface area contributed by atoms with Crippen LogP contribution in [0.3, 0.4) is 0 Å². The Labute approximate surface area is 205 Å². The van der Waals surface area contributed by atoms with Crippen LogP contribution in [-0.4, -0.2) is 24.8 Å². The van der Waals surface area contributed by atoms with Crippen molar-refractivity contribution in [1.82, 2.24) is 10.6 Å². The lowest BCUT2D eigenvalue weighted by atomic mass is 9.87. The van der Waals surface area contributed by atoms with Gasteiger partial charge < -0.3 is 15.5 Å². The molecule has 6 heteroatoms. The Hall–Kier alpha value is -3.93. The zero-order valence-corrected chi connectivity index (χ0v) is 20.0. The SMILES string of the molecule is CC(C(=O)NC1CCCc2ccccc21)C(=O)NC1C(=O)N(C)c2ccccc2-c2ccccc21. The number of hydrogen-bond donors (Lipinski definition) is 2. The first kappa shape index (κ1) is 22.8. The molecule has 0 radical (unpaired) electrons. The molecule has 35 heavy (non-hydrogen) atoms. The van der Waals surface area contributed by atoms with Crippen molar-refractivity contribution in [2.24, 2.45) is 5.92 Å². The second-order valence-electron chi connectivity index (χ2n) is 9.32. The largest absolute Gasteiger partial charge is 0.349 e. The van der Waals surface area contributed by atoms with E-state index in [1.165, 1.54) is 5.56 Å². The monoisotopic (exact) mass is 467 g/mol. The number of rotatable bonds is 4. The molecule has 0 fully saturated rings. The quantitative estimate of drug-likeness (QED) is 0.561. The average Bonchev–Trinajstić information content (AvgIpc) is 2.98. The second-order valence-corrected chi connectivity index (χ2v) is 9.32. The minimum absolute atomic E-state index is 0.108. The first-order chi connectivity index (χ1) is 17.0. The Balaban J connectivity index is 1.37. The molecule has 0 bridgehead atoms. The average molecular weight is 468 g/mol. The third kappa shape index (κ3) is 4.20. The molecule has 1 heterocycles. The van der Waals surface area contributed by atoms with Gasteiger partial charge in [0.2, 0.25) is 11.8 Å². The number of para-hydroxylation sites is 1. The molecule has 2 aliphatic rings. The number of carbonyl (C=O) groups excluding carboxylic acids is 3. The zero-order chi connectivity index (χ0) is 24.5. The number of hydrogen-bond acceptors (Lipinski definition) is 3. The molecule has 3 aromatic rings. The van der Waals surface area contributed by atoms with E-state index < -0.39 is 17.9 Å². The van der Waals surface area contributed by atoms with E-state index >= 15 is 0 Å². The molecule has 6 nitrogen and oxygen atoms in total. The van der Waals surface area contributed by atoms with E-state index in [2.05, 4.69) is 16.7 Å². The Morgan fingerprint density at radius 2 is 1.49 bits per heavy atom. The normalized spacial score (nSPS) is 19.5. The number of fused-ring (bicyclic) bond motifs is 4. The summed E-state index contributed by atoms with van der Waals surface area (Å²) in [7, 11) is 1.71. The van der Waals surface area contributed by atoms with Crippen LogP contribution in [0.5, 0.6) is 0 Å². The van der Waals surface area contributed by atoms with E-state index in [4.69, 9.17) is 0 Å². The van der Waals surface area contributed by atoms with Gasteiger partial charge in [-0.2, -0.15) is 0 Å². The third-order valence-electron chi connectivity index (χ3n) is 7.16. The molecule has 1 aliphatic carbocycles. The standard InChI is InChI=1S/C29H29N3O3/c1-18(27(33)30-24-16-9-11-19-10-3-4-12-20(19)24)28(34)31-26-23-15-6-5-13-21(23)22-14-7-8-17-25(22)32(2)29(26)35/h3-8,10,12-15,17-18,24,26H,9,11,16H2,1-2H3,(H,30,33)(H,31,34). The van der Waals surface area contributed by atoms with Crippen LogP contribution in [0.1, 0.15) is 48.5 Å². The molecule has 2 N–H and O–H groups in total. The Bertz CT molecular complexity index is 1300. The van der Waals surface area contributed by atoms with Gasteiger partial charge in [0.25, 0.3) is 5.91 Å². The predicted molar refractivity (Wildman–Crippen MR) is 136 cm³/mol. The van der Waals surface area contributed by atoms with Crippen molar-refractivity contribution in [2.45, 2.75) is 38.3 Å². The van der Waals surface area contributed by atoms with Crippen LogP contribution in [-0.2, 0) is 20.8 Å². The van der Waals surface area contributed by atoms with E-state index in [-0.39, 0.29) is 17.9 Å². The lowest BCUT2D eigenvalue weighted by Crippen LogP contribution is -2.46. The lowest BCUT2D eigenvalue weighted by Gasteiger charge is -2.28. The topological polar surface area (TPSA) is 78.5 Å². The van der Waals surface area contributed by atoms with Crippen molar-refractivity contribution in [1.29, 1.82) is 0 Å². The molecule has 3 aromatic carbocycles. The van der Waals surface area contributed by atoms with Crippen LogP contribution in [0, 0.1) is 5.92 Å². The Morgan fingerprint density at radius 1 is 0.857 bits per heavy atom. The smallest absolute Gasteiger partial charge is 0.253 e. The maximum Gasteiger partial charge on any atom is 0.253 e. The summed E-state index contributed by atoms with van der Waals surface area (Å²) >= 11 is 0. The first-order valence-electron chi connectivity index (χ1n) is 12.1. The van der Waals surface area contributed by atoms with E-state index in [0.29, 0.717) is 0 Å². The van der Waals surface area contributed by atoms with Gasteiger partial charge in [-0.15, -0.1) is 0 Å². The van der Waals surface area contributed by atoms with Gasteiger partial charge in [-0.1, -0.05) is 66.7 Å². The predicted octanol–water partition coefficient (Wildman–Crippen LogP) is 4.32. The van der Waals surface area contributed by atoms with Crippen molar-refractivity contribution >= 4 is 23.4 Å². The van der Waals surface area contributed by atoms with Gasteiger partial charge in [-0.3, -0.25) is 14.4 Å². The lowest BCUT2D eigenvalue weighted by molar-refractivity contribution is -0.137. The van der Waals surface area contributed by atoms with Crippen LogP contribution >= 0.6 is 0 Å². The van der Waals surface area contributed by atoms with Crippen molar-refractivity contribution in [2.75, 3.05) is 11.9 Å². The molecule has 0 spiro atoms. The maximum absolute atomic E-state index is 13.5. The van der Waals surface area contributed by atoms with Crippen molar-refractivity contribution in [3.8, 4) is 11.1 Å². The molecule has 3 amide bonds. The van der Waals surface area contributed by atoms with E-state index in [9.17, 15) is 14.4 Å². The number of carbonyl (C=O) groups is 3. The molecule has 0 aromatic heterocycles. The number of aryl methyl sites for hydroxylation is 1. The van der Waals surface area contributed by atoms with Crippen LogP contribution in [0.4, 0.5) is 5.69 Å². The summed E-state index contributed by atoms with van der Waals surface area (Å²) < 4.78 is 0. The summed E-state index contributed by atoms with van der Waals surface area (Å²) in [6.07, 6.45) is 2.83. The third-order valence-corrected chi connectivity index (χ3v) is 7.16. The van der Waals surface area contributed by atoms with Crippen molar-refractivity contribution in [3.05, 3.63) is 89.5 Å². The number of nitrogens with zero attached hydrogens (tertiary/aromatic N) is 1. The maximum atomic E-state index is 13.5. The van der Waals surface area contributed by atoms with Crippen molar-refractivity contribution in [3.63, 3.8) is 0 Å². The van der Waals surface area contributed by atoms with Crippen LogP contribution in [0.2, 0.25) is 0 Å². The molecule has 3 atom stereocenters. The molecule has 0 saturated heterocycles. The fourth-order valence-corrected chi connectivity index (χ4v) is 5.16. The van der Waals surface area contributed by atoms with Gasteiger partial charge in [0.15, 0.2) is 0 Å². The number of anilines is 1. The number of benzene rings is 3. The number of nitrogens with one attached hydrogen (secondary N) is 2. The van der Waals surface area contributed by atoms with Crippen LogP contribution in [0.15, 0.2) is 72.8 Å². The van der Waals surface area contributed by atoms with E-state index in [1.807, 2.05) is 66.7 Å². The molecule has 3 unspecified atom stereocenters. The van der Waals surface area contributed by atoms with E-state index in [0.717, 1.165) is 47.2 Å². The van der Waals surface area contributed by atoms with Gasteiger partial charge in [0.05, 0.1) is 11.7 Å². The van der Waals surface area contributed by atoms with Gasteiger partial charge in [0.1, 0.15) is 12.0 Å². The first-order valence-corrected chi connectivity index (χ1v) is 12.1. The summed E-state index contributed by atoms with van der Waals surface area (Å²) in [4.78, 5) is 41.4. The highest BCUT2D eigenvalue weighted by molar-refractivity contribution is 6.07. The van der Waals surface area contributed by atoms with Gasteiger partial charge in [0, 0.05) is 12.6 Å². The summed E-state index contributed by atoms with van der Waals surface area (Å²) in [6.45, 7) is 1.59. The van der Waals surface area contributed by atoms with Gasteiger partial charge >= 0.3 is 0 Å². The van der Waals surface area contributed by atoms with Gasteiger partial charge in [-0.25, -0.2) is 0 Å². The van der Waals surface area contributed by atoms with Gasteiger partial charge in [-0.05, 0) is 54.5 Å². The molecule has 5 rings (SSSR count). The highest BCUT2D eigenvalue weighted by Gasteiger charge is 2.35. The zero-order valence-electron chi connectivity index (χ0n) is 20.0. The molecular weight excluding hydrogens is 438 g/mol. The summed E-state index contributed by atoms with van der Waals surface area (Å²) in [5.41, 5.74) is 5.68. The highest BCUT2D eigenvalue weighted by atomic mass is 16.2. The van der Waals surface area contributed by atoms with Crippen molar-refractivity contribution < 1.29 is 14.4 Å². The fraction of sp³-hybridized carbons (Fsp3) is 0.276. The molecule has 0 saturated carbocycles. The minimum Gasteiger partial charge on any atom is -0.349 e. The van der Waals surface area contributed by atoms with Crippen LogP contribution < -0.4 is 15.5 Å². The summed E-state index contributed by atoms with van der Waals surface area (Å²) in [5.74, 6) is -2.00. The molecular formula is C29H29N3O3. The minimum atomic E-state index is -0.944. The Kier molecular flexibility index (Phi) is 6.12. The van der Waals surface area contributed by atoms with Crippen LogP contribution in [0.25, 0.3) is 11.1 Å². The molecule has 178 valence electrons. The fourth-order valence-electron chi connectivity index (χ4n) is 5.16. The Morgan fingerprint density at radius 3 is 2.29 bits per heavy atom. The van der Waals surface area contributed by atoms with E-state index in [1.54, 1.807) is 18.9 Å².